The molecule has 0 fully saturated rings. The highest BCUT2D eigenvalue weighted by molar-refractivity contribution is 7.47. The van der Waals surface area contributed by atoms with Gasteiger partial charge >= 0.3 is 39.5 Å². The minimum absolute atomic E-state index is 0.109. The molecule has 0 heterocycles. The molecule has 0 rings (SSSR count). The van der Waals surface area contributed by atoms with Crippen LogP contribution < -0.4 is 0 Å². The first kappa shape index (κ1) is 108. The van der Waals surface area contributed by atoms with E-state index in [0.717, 1.165) is 95.8 Å². The minimum Gasteiger partial charge on any atom is -0.462 e. The van der Waals surface area contributed by atoms with Gasteiger partial charge in [-0.2, -0.15) is 0 Å². The van der Waals surface area contributed by atoms with Crippen LogP contribution in [0, 0.1) is 5.92 Å². The Labute approximate surface area is 677 Å². The molecule has 0 aliphatic carbocycles. The minimum atomic E-state index is -4.97. The summed E-state index contributed by atoms with van der Waals surface area (Å²) in [7, 11) is -9.93. The molecule has 0 bridgehead atoms. The van der Waals surface area contributed by atoms with E-state index in [1.807, 2.05) is 0 Å². The van der Waals surface area contributed by atoms with Gasteiger partial charge in [-0.05, 0) is 31.6 Å². The standard InChI is InChI=1S/C91H178O17P2/c1-6-10-13-16-19-22-25-28-30-32-33-38-41-45-50-55-60-65-70-75-89(94)102-81-87(108-91(96)77-72-67-62-57-52-47-43-39-35-34-37-40-44-48-53-58-63-68-73-84(5)9-4)83-106-110(99,100)104-79-85(92)78-103-109(97,98)105-82-86(80-101-88(93)74-69-64-59-54-49-27-24-21-18-15-12-8-3)107-90(95)76-71-66-61-56-51-46-42-36-31-29-26-23-20-17-14-11-7-2/h84-87,92H,6-83H2,1-5H3,(H,97,98)(H,99,100)/t84?,85-,86+,87+/m0/s1. The van der Waals surface area contributed by atoms with E-state index in [1.165, 1.54) is 321 Å². The third kappa shape index (κ3) is 82.6. The number of phosphoric ester groups is 2. The average Bonchev–Trinajstić information content (AvgIpc) is 0.898. The predicted octanol–water partition coefficient (Wildman–Crippen LogP) is 28.3. The number of hydrogen-bond acceptors (Lipinski definition) is 15. The summed E-state index contributed by atoms with van der Waals surface area (Å²) in [6.45, 7) is 7.47. The lowest BCUT2D eigenvalue weighted by atomic mass is 9.99. The summed E-state index contributed by atoms with van der Waals surface area (Å²) < 4.78 is 69.1. The van der Waals surface area contributed by atoms with E-state index in [2.05, 4.69) is 34.6 Å². The summed E-state index contributed by atoms with van der Waals surface area (Å²) in [4.78, 5) is 73.4. The maximum Gasteiger partial charge on any atom is 0.472 e. The van der Waals surface area contributed by atoms with Gasteiger partial charge in [0.05, 0.1) is 26.4 Å². The number of phosphoric acid groups is 2. The molecule has 3 unspecified atom stereocenters. The molecular weight excluding hydrogens is 1430 g/mol. The monoisotopic (exact) mass is 1610 g/mol. The zero-order valence-corrected chi connectivity index (χ0v) is 74.2. The molecule has 0 saturated carbocycles. The fourth-order valence-electron chi connectivity index (χ4n) is 14.3. The second kappa shape index (κ2) is 83.5. The van der Waals surface area contributed by atoms with Crippen LogP contribution in [0.15, 0.2) is 0 Å². The summed E-state index contributed by atoms with van der Waals surface area (Å²) in [6.07, 6.45) is 79.1. The topological polar surface area (TPSA) is 237 Å². The second-order valence-electron chi connectivity index (χ2n) is 32.9. The summed E-state index contributed by atoms with van der Waals surface area (Å²) in [5.41, 5.74) is 0. The summed E-state index contributed by atoms with van der Waals surface area (Å²) >= 11 is 0. The van der Waals surface area contributed by atoms with E-state index in [4.69, 9.17) is 37.0 Å². The predicted molar refractivity (Wildman–Crippen MR) is 455 cm³/mol. The molecule has 654 valence electrons. The van der Waals surface area contributed by atoms with Crippen molar-refractivity contribution in [3.05, 3.63) is 0 Å². The molecule has 17 nitrogen and oxygen atoms in total. The fourth-order valence-corrected chi connectivity index (χ4v) is 15.9. The maximum absolute atomic E-state index is 13.2. The van der Waals surface area contributed by atoms with E-state index >= 15 is 0 Å². The lowest BCUT2D eigenvalue weighted by Crippen LogP contribution is -2.30. The molecule has 3 N–H and O–H groups in total. The molecule has 110 heavy (non-hydrogen) atoms. The molecule has 0 amide bonds. The van der Waals surface area contributed by atoms with E-state index in [-0.39, 0.29) is 25.7 Å². The van der Waals surface area contributed by atoms with Gasteiger partial charge in [-0.1, -0.05) is 446 Å². The summed E-state index contributed by atoms with van der Waals surface area (Å²) in [5, 5.41) is 10.7. The van der Waals surface area contributed by atoms with Gasteiger partial charge in [0.25, 0.3) is 0 Å². The number of carbonyl (C=O) groups is 4. The quantitative estimate of drug-likeness (QED) is 0.0222. The first-order chi connectivity index (χ1) is 53.6. The Hall–Kier alpha value is -1.94. The zero-order chi connectivity index (χ0) is 80.4. The Bertz CT molecular complexity index is 2080. The van der Waals surface area contributed by atoms with Crippen LogP contribution in [0.3, 0.4) is 0 Å². The molecule has 0 saturated heterocycles. The average molecular weight is 1610 g/mol. The SMILES string of the molecule is CCCCCCCCCCCCCCCCCCCCCC(=O)OC[C@H](COP(=O)(O)OC[C@@H](O)COP(=O)(O)OC[C@@H](COC(=O)CCCCCCCCCCCCCC)OC(=O)CCCCCCCCCCCCCCCCCCC)OC(=O)CCCCCCCCCCCCCCCCCCCCC(C)CC. The third-order valence-corrected chi connectivity index (χ3v) is 23.8. The van der Waals surface area contributed by atoms with Crippen LogP contribution in [0.25, 0.3) is 0 Å². The number of rotatable bonds is 91. The van der Waals surface area contributed by atoms with Gasteiger partial charge < -0.3 is 33.8 Å². The van der Waals surface area contributed by atoms with E-state index < -0.39 is 97.5 Å². The van der Waals surface area contributed by atoms with E-state index in [0.29, 0.717) is 25.7 Å². The molecule has 0 aromatic heterocycles. The van der Waals surface area contributed by atoms with Crippen LogP contribution in [0.1, 0.15) is 497 Å². The van der Waals surface area contributed by atoms with Gasteiger partial charge in [0, 0.05) is 25.7 Å². The lowest BCUT2D eigenvalue weighted by Gasteiger charge is -2.21. The number of unbranched alkanes of at least 4 members (excludes halogenated alkanes) is 62. The highest BCUT2D eigenvalue weighted by Gasteiger charge is 2.31. The van der Waals surface area contributed by atoms with Crippen LogP contribution >= 0.6 is 15.6 Å². The van der Waals surface area contributed by atoms with Gasteiger partial charge in [-0.25, -0.2) is 9.13 Å². The number of hydrogen-bond donors (Lipinski definition) is 3. The van der Waals surface area contributed by atoms with E-state index in [9.17, 15) is 43.2 Å². The van der Waals surface area contributed by atoms with Crippen molar-refractivity contribution in [1.82, 2.24) is 0 Å². The van der Waals surface area contributed by atoms with Gasteiger partial charge in [-0.3, -0.25) is 37.3 Å². The Morgan fingerprint density at radius 3 is 0.645 bits per heavy atom. The van der Waals surface area contributed by atoms with Crippen LogP contribution in [0.5, 0.6) is 0 Å². The molecule has 0 aromatic rings. The number of carbonyl (C=O) groups excluding carboxylic acids is 4. The molecule has 0 aliphatic rings. The van der Waals surface area contributed by atoms with Gasteiger partial charge in [0.1, 0.15) is 19.3 Å². The molecule has 0 aromatic carbocycles. The molecule has 19 heteroatoms. The normalized spacial score (nSPS) is 13.9. The smallest absolute Gasteiger partial charge is 0.462 e. The molecule has 0 aliphatic heterocycles. The van der Waals surface area contributed by atoms with Gasteiger partial charge in [-0.15, -0.1) is 0 Å². The van der Waals surface area contributed by atoms with Gasteiger partial charge in [0.2, 0.25) is 0 Å². The number of aliphatic hydroxyl groups excluding tert-OH is 1. The van der Waals surface area contributed by atoms with Crippen molar-refractivity contribution in [1.29, 1.82) is 0 Å². The van der Waals surface area contributed by atoms with Crippen LogP contribution in [-0.4, -0.2) is 96.7 Å². The fraction of sp³-hybridized carbons (Fsp3) is 0.956. The molecule has 0 radical (unpaired) electrons. The van der Waals surface area contributed by atoms with Crippen LogP contribution in [-0.2, 0) is 65.4 Å². The number of ether oxygens (including phenoxy) is 4. The summed E-state index contributed by atoms with van der Waals surface area (Å²) in [5.74, 6) is -1.22. The zero-order valence-electron chi connectivity index (χ0n) is 72.4. The molecular formula is C91H178O17P2. The lowest BCUT2D eigenvalue weighted by molar-refractivity contribution is -0.161. The van der Waals surface area contributed by atoms with Gasteiger partial charge in [0.15, 0.2) is 12.2 Å². The molecule has 0 spiro atoms. The van der Waals surface area contributed by atoms with Crippen molar-refractivity contribution in [2.24, 2.45) is 5.92 Å². The Morgan fingerprint density at radius 1 is 0.255 bits per heavy atom. The van der Waals surface area contributed by atoms with Crippen molar-refractivity contribution < 1.29 is 80.2 Å². The van der Waals surface area contributed by atoms with Crippen molar-refractivity contribution >= 4 is 39.5 Å². The molecule has 6 atom stereocenters. The number of aliphatic hydroxyl groups is 1. The van der Waals surface area contributed by atoms with Crippen LogP contribution in [0.2, 0.25) is 0 Å². The second-order valence-corrected chi connectivity index (χ2v) is 35.8. The highest BCUT2D eigenvalue weighted by Crippen LogP contribution is 2.45. The van der Waals surface area contributed by atoms with Crippen molar-refractivity contribution in [2.75, 3.05) is 39.6 Å². The van der Waals surface area contributed by atoms with Crippen molar-refractivity contribution in [3.8, 4) is 0 Å². The Balaban J connectivity index is 5.24. The van der Waals surface area contributed by atoms with Crippen molar-refractivity contribution in [2.45, 2.75) is 515 Å². The first-order valence-corrected chi connectivity index (χ1v) is 50.2. The largest absolute Gasteiger partial charge is 0.472 e. The first-order valence-electron chi connectivity index (χ1n) is 47.2. The summed E-state index contributed by atoms with van der Waals surface area (Å²) in [6, 6.07) is 0. The van der Waals surface area contributed by atoms with Crippen LogP contribution in [0.4, 0.5) is 0 Å². The maximum atomic E-state index is 13.2. The number of esters is 4. The highest BCUT2D eigenvalue weighted by atomic mass is 31.2. The Kier molecular flexibility index (Phi) is 82.1. The van der Waals surface area contributed by atoms with Crippen molar-refractivity contribution in [3.63, 3.8) is 0 Å². The third-order valence-electron chi connectivity index (χ3n) is 21.9. The van der Waals surface area contributed by atoms with E-state index in [1.54, 1.807) is 0 Å². The Morgan fingerprint density at radius 2 is 0.436 bits per heavy atom.